The number of aromatic nitrogens is 1. The van der Waals surface area contributed by atoms with Crippen LogP contribution in [0.5, 0.6) is 17.2 Å². The number of thiazole rings is 1. The van der Waals surface area contributed by atoms with Crippen molar-refractivity contribution in [1.82, 2.24) is 4.98 Å². The van der Waals surface area contributed by atoms with Gasteiger partial charge in [0.15, 0.2) is 11.5 Å². The number of para-hydroxylation sites is 1. The van der Waals surface area contributed by atoms with Crippen LogP contribution < -0.4 is 5.63 Å². The molecule has 142 valence electrons. The molecule has 0 aliphatic heterocycles. The van der Waals surface area contributed by atoms with Crippen LogP contribution >= 0.6 is 23.7 Å². The van der Waals surface area contributed by atoms with Gasteiger partial charge in [0, 0.05) is 17.2 Å². The molecule has 0 unspecified atom stereocenters. The third-order valence-corrected chi connectivity index (χ3v) is 4.64. The summed E-state index contributed by atoms with van der Waals surface area (Å²) in [5, 5.41) is 31.8. The molecule has 28 heavy (non-hydrogen) atoms. The number of aliphatic imine (C=N–C) groups is 1. The Morgan fingerprint density at radius 3 is 2.64 bits per heavy atom. The molecule has 4 aromatic rings. The Kier molecular flexibility index (Phi) is 5.34. The van der Waals surface area contributed by atoms with Gasteiger partial charge in [-0.3, -0.25) is 0 Å². The lowest BCUT2D eigenvalue weighted by molar-refractivity contribution is 0.404. The first-order valence-electron chi connectivity index (χ1n) is 7.79. The molecule has 9 heteroatoms. The average Bonchev–Trinajstić information content (AvgIpc) is 3.13. The normalized spacial score (nSPS) is 11.0. The lowest BCUT2D eigenvalue weighted by atomic mass is 10.1. The smallest absolute Gasteiger partial charge is 0.348 e. The van der Waals surface area contributed by atoms with Crippen LogP contribution in [0.15, 0.2) is 62.0 Å². The van der Waals surface area contributed by atoms with Gasteiger partial charge in [0.1, 0.15) is 16.9 Å². The minimum absolute atomic E-state index is 0. The maximum atomic E-state index is 12.1. The highest BCUT2D eigenvalue weighted by atomic mass is 35.5. The predicted octanol–water partition coefficient (Wildman–Crippen LogP) is 4.21. The van der Waals surface area contributed by atoms with E-state index in [1.165, 1.54) is 29.7 Å². The molecule has 0 saturated heterocycles. The number of rotatable bonds is 3. The molecule has 0 radical (unpaired) electrons. The van der Waals surface area contributed by atoms with E-state index in [0.717, 1.165) is 0 Å². The molecule has 0 fully saturated rings. The zero-order valence-electron chi connectivity index (χ0n) is 14.1. The van der Waals surface area contributed by atoms with Crippen molar-refractivity contribution < 1.29 is 19.7 Å². The van der Waals surface area contributed by atoms with E-state index >= 15 is 0 Å². The van der Waals surface area contributed by atoms with Crippen molar-refractivity contribution in [2.45, 2.75) is 0 Å². The minimum Gasteiger partial charge on any atom is -0.506 e. The molecular formula is C19H13ClN2O5S. The number of benzene rings is 2. The van der Waals surface area contributed by atoms with Crippen LogP contribution in [-0.2, 0) is 0 Å². The van der Waals surface area contributed by atoms with Gasteiger partial charge in [-0.1, -0.05) is 12.1 Å². The van der Waals surface area contributed by atoms with E-state index in [-0.39, 0.29) is 35.2 Å². The summed E-state index contributed by atoms with van der Waals surface area (Å²) in [4.78, 5) is 20.5. The first-order valence-corrected chi connectivity index (χ1v) is 8.67. The fourth-order valence-electron chi connectivity index (χ4n) is 2.52. The van der Waals surface area contributed by atoms with Gasteiger partial charge in [-0.15, -0.1) is 23.7 Å². The van der Waals surface area contributed by atoms with Gasteiger partial charge >= 0.3 is 5.63 Å². The number of hydrogen-bond donors (Lipinski definition) is 3. The zero-order valence-corrected chi connectivity index (χ0v) is 15.7. The number of nitrogens with zero attached hydrogens (tertiary/aromatic N) is 2. The number of phenolic OH excluding ortho intramolecular Hbond substituents is 2. The Balaban J connectivity index is 0.00000225. The largest absolute Gasteiger partial charge is 0.506 e. The highest BCUT2D eigenvalue weighted by Crippen LogP contribution is 2.33. The SMILES string of the molecule is Cl.O=c1oc2ccccc2c(O)c1/C=N\c1nc(-c2ccc(O)c(O)c2)cs1. The van der Waals surface area contributed by atoms with Crippen LogP contribution in [-0.4, -0.2) is 26.5 Å². The van der Waals surface area contributed by atoms with Gasteiger partial charge in [-0.25, -0.2) is 14.8 Å². The number of halogens is 1. The van der Waals surface area contributed by atoms with E-state index < -0.39 is 5.63 Å². The highest BCUT2D eigenvalue weighted by Gasteiger charge is 2.12. The topological polar surface area (TPSA) is 116 Å². The second-order valence-corrected chi connectivity index (χ2v) is 6.46. The summed E-state index contributed by atoms with van der Waals surface area (Å²) in [6, 6.07) is 11.0. The van der Waals surface area contributed by atoms with Crippen LogP contribution in [0, 0.1) is 0 Å². The Morgan fingerprint density at radius 2 is 1.86 bits per heavy atom. The number of aromatic hydroxyl groups is 3. The van der Waals surface area contributed by atoms with Crippen LogP contribution in [0.2, 0.25) is 0 Å². The van der Waals surface area contributed by atoms with Gasteiger partial charge in [0.2, 0.25) is 5.13 Å². The number of phenols is 2. The van der Waals surface area contributed by atoms with E-state index in [1.807, 2.05) is 0 Å². The predicted molar refractivity (Wildman–Crippen MR) is 110 cm³/mol. The van der Waals surface area contributed by atoms with Crippen molar-refractivity contribution in [3.63, 3.8) is 0 Å². The quantitative estimate of drug-likeness (QED) is 0.262. The van der Waals surface area contributed by atoms with Crippen molar-refractivity contribution >= 4 is 46.1 Å². The second kappa shape index (κ2) is 7.71. The summed E-state index contributed by atoms with van der Waals surface area (Å²) in [5.41, 5.74) is 0.692. The maximum absolute atomic E-state index is 12.1. The summed E-state index contributed by atoms with van der Waals surface area (Å²) in [5.74, 6) is -0.666. The molecule has 7 nitrogen and oxygen atoms in total. The fraction of sp³-hybridized carbons (Fsp3) is 0. The van der Waals surface area contributed by atoms with E-state index in [1.54, 1.807) is 35.7 Å². The lowest BCUT2D eigenvalue weighted by Gasteiger charge is -2.01. The summed E-state index contributed by atoms with van der Waals surface area (Å²) in [6.07, 6.45) is 1.21. The van der Waals surface area contributed by atoms with Gasteiger partial charge in [0.05, 0.1) is 11.1 Å². The van der Waals surface area contributed by atoms with Gasteiger partial charge in [-0.2, -0.15) is 0 Å². The maximum Gasteiger partial charge on any atom is 0.348 e. The third kappa shape index (κ3) is 3.55. The minimum atomic E-state index is -0.699. The fourth-order valence-corrected chi connectivity index (χ4v) is 3.19. The highest BCUT2D eigenvalue weighted by molar-refractivity contribution is 7.13. The van der Waals surface area contributed by atoms with Crippen molar-refractivity contribution in [3.8, 4) is 28.5 Å². The van der Waals surface area contributed by atoms with Crippen molar-refractivity contribution in [2.24, 2.45) is 4.99 Å². The van der Waals surface area contributed by atoms with Crippen LogP contribution in [0.25, 0.3) is 22.2 Å². The van der Waals surface area contributed by atoms with Crippen LogP contribution in [0.3, 0.4) is 0 Å². The molecule has 0 spiro atoms. The van der Waals surface area contributed by atoms with E-state index in [4.69, 9.17) is 4.42 Å². The molecule has 0 bridgehead atoms. The van der Waals surface area contributed by atoms with Crippen molar-refractivity contribution in [2.75, 3.05) is 0 Å². The van der Waals surface area contributed by atoms with Crippen molar-refractivity contribution in [3.05, 3.63) is 63.8 Å². The average molecular weight is 417 g/mol. The van der Waals surface area contributed by atoms with Crippen LogP contribution in [0.1, 0.15) is 5.56 Å². The van der Waals surface area contributed by atoms with E-state index in [2.05, 4.69) is 9.98 Å². The number of fused-ring (bicyclic) bond motifs is 1. The van der Waals surface area contributed by atoms with Crippen molar-refractivity contribution in [1.29, 1.82) is 0 Å². The molecule has 2 heterocycles. The second-order valence-electron chi connectivity index (χ2n) is 5.62. The molecule has 0 aliphatic carbocycles. The standard InChI is InChI=1S/C19H12N2O5S.ClH/c22-14-6-5-10(7-15(14)23)13-9-27-19(21-13)20-8-12-17(24)11-3-1-2-4-16(11)26-18(12)25;/h1-9,22-24H;1H/b20-8-;. The summed E-state index contributed by atoms with van der Waals surface area (Å²) < 4.78 is 5.19. The third-order valence-electron chi connectivity index (χ3n) is 3.89. The first-order chi connectivity index (χ1) is 13.0. The molecular weight excluding hydrogens is 404 g/mol. The Bertz CT molecular complexity index is 1250. The lowest BCUT2D eigenvalue weighted by Crippen LogP contribution is -2.06. The molecule has 3 N–H and O–H groups in total. The molecule has 0 atom stereocenters. The number of hydrogen-bond acceptors (Lipinski definition) is 8. The van der Waals surface area contributed by atoms with Gasteiger partial charge in [-0.05, 0) is 30.3 Å². The molecule has 2 aromatic heterocycles. The summed E-state index contributed by atoms with van der Waals surface area (Å²) in [6.45, 7) is 0. The Morgan fingerprint density at radius 1 is 1.07 bits per heavy atom. The van der Waals surface area contributed by atoms with E-state index in [9.17, 15) is 20.1 Å². The summed E-state index contributed by atoms with van der Waals surface area (Å²) >= 11 is 1.22. The molecule has 2 aromatic carbocycles. The van der Waals surface area contributed by atoms with Gasteiger partial charge in [0.25, 0.3) is 0 Å². The van der Waals surface area contributed by atoms with Gasteiger partial charge < -0.3 is 19.7 Å². The first kappa shape index (κ1) is 19.4. The van der Waals surface area contributed by atoms with Crippen LogP contribution in [0.4, 0.5) is 5.13 Å². The molecule has 0 aliphatic rings. The summed E-state index contributed by atoms with van der Waals surface area (Å²) in [7, 11) is 0. The molecule has 0 amide bonds. The monoisotopic (exact) mass is 416 g/mol. The molecule has 0 saturated carbocycles. The Labute approximate surface area is 168 Å². The molecule has 4 rings (SSSR count). The van der Waals surface area contributed by atoms with E-state index in [0.29, 0.717) is 27.4 Å². The zero-order chi connectivity index (χ0) is 19.0. The Hall–Kier alpha value is -3.36.